The van der Waals surface area contributed by atoms with E-state index in [1.807, 2.05) is 13.1 Å². The molecule has 1 unspecified atom stereocenters. The van der Waals surface area contributed by atoms with Crippen LogP contribution in [-0.2, 0) is 6.42 Å². The molecule has 96 valence electrons. The summed E-state index contributed by atoms with van der Waals surface area (Å²) >= 11 is 3.61. The second-order valence-corrected chi connectivity index (χ2v) is 5.23. The van der Waals surface area contributed by atoms with Crippen LogP contribution < -0.4 is 10.1 Å². The van der Waals surface area contributed by atoms with Crippen LogP contribution >= 0.6 is 15.9 Å². The van der Waals surface area contributed by atoms with E-state index >= 15 is 0 Å². The van der Waals surface area contributed by atoms with E-state index in [1.54, 1.807) is 7.11 Å². The van der Waals surface area contributed by atoms with Crippen molar-refractivity contribution in [3.05, 3.63) is 28.2 Å². The van der Waals surface area contributed by atoms with Crippen molar-refractivity contribution in [1.82, 2.24) is 5.32 Å². The molecule has 0 saturated carbocycles. The molecule has 3 heteroatoms. The summed E-state index contributed by atoms with van der Waals surface area (Å²) in [6.07, 6.45) is 3.57. The molecular weight excluding hydrogens is 278 g/mol. The molecule has 0 spiro atoms. The van der Waals surface area contributed by atoms with Gasteiger partial charge in [0.2, 0.25) is 0 Å². The lowest BCUT2D eigenvalue weighted by atomic mass is 9.95. The third kappa shape index (κ3) is 4.68. The van der Waals surface area contributed by atoms with Gasteiger partial charge in [-0.05, 0) is 56.1 Å². The van der Waals surface area contributed by atoms with Gasteiger partial charge in [0.15, 0.2) is 0 Å². The Morgan fingerprint density at radius 1 is 1.41 bits per heavy atom. The molecule has 0 bridgehead atoms. The van der Waals surface area contributed by atoms with E-state index < -0.39 is 0 Å². The van der Waals surface area contributed by atoms with Crippen LogP contribution in [0.1, 0.15) is 25.3 Å². The summed E-state index contributed by atoms with van der Waals surface area (Å²) in [6, 6.07) is 6.18. The van der Waals surface area contributed by atoms with Crippen LogP contribution in [0.25, 0.3) is 0 Å². The van der Waals surface area contributed by atoms with Crippen LogP contribution in [0.3, 0.4) is 0 Å². The molecule has 0 aliphatic carbocycles. The van der Waals surface area contributed by atoms with Gasteiger partial charge in [0.25, 0.3) is 0 Å². The molecule has 1 N–H and O–H groups in total. The van der Waals surface area contributed by atoms with Crippen molar-refractivity contribution in [2.45, 2.75) is 26.2 Å². The van der Waals surface area contributed by atoms with Crippen molar-refractivity contribution in [2.75, 3.05) is 20.7 Å². The normalized spacial score (nSPS) is 12.5. The van der Waals surface area contributed by atoms with Gasteiger partial charge in [0, 0.05) is 4.47 Å². The number of ether oxygens (including phenoxy) is 1. The third-order valence-corrected chi connectivity index (χ3v) is 3.72. The molecule has 0 aliphatic rings. The summed E-state index contributed by atoms with van der Waals surface area (Å²) in [5.41, 5.74) is 1.33. The molecule has 0 aliphatic heterocycles. The fourth-order valence-electron chi connectivity index (χ4n) is 2.12. The fraction of sp³-hybridized carbons (Fsp3) is 0.571. The van der Waals surface area contributed by atoms with E-state index in [0.29, 0.717) is 5.92 Å². The minimum Gasteiger partial charge on any atom is -0.497 e. The van der Waals surface area contributed by atoms with Crippen LogP contribution in [0.5, 0.6) is 5.75 Å². The largest absolute Gasteiger partial charge is 0.497 e. The van der Waals surface area contributed by atoms with Crippen molar-refractivity contribution >= 4 is 15.9 Å². The van der Waals surface area contributed by atoms with Gasteiger partial charge < -0.3 is 10.1 Å². The number of nitrogens with one attached hydrogen (secondary N) is 1. The van der Waals surface area contributed by atoms with Crippen LogP contribution in [0.4, 0.5) is 0 Å². The molecule has 0 aromatic heterocycles. The lowest BCUT2D eigenvalue weighted by Gasteiger charge is -2.17. The van der Waals surface area contributed by atoms with Crippen LogP contribution in [-0.4, -0.2) is 20.7 Å². The average molecular weight is 300 g/mol. The summed E-state index contributed by atoms with van der Waals surface area (Å²) in [5.74, 6) is 1.62. The van der Waals surface area contributed by atoms with Crippen LogP contribution in [0.2, 0.25) is 0 Å². The Hall–Kier alpha value is -0.540. The SMILES string of the molecule is CCCC(CNC)Cc1cc(OC)ccc1Br. The monoisotopic (exact) mass is 299 g/mol. The maximum Gasteiger partial charge on any atom is 0.119 e. The second-order valence-electron chi connectivity index (χ2n) is 4.37. The van der Waals surface area contributed by atoms with Crippen LogP contribution in [0, 0.1) is 5.92 Å². The molecule has 0 radical (unpaired) electrons. The van der Waals surface area contributed by atoms with E-state index in [4.69, 9.17) is 4.74 Å². The van der Waals surface area contributed by atoms with E-state index in [2.05, 4.69) is 40.3 Å². The van der Waals surface area contributed by atoms with E-state index in [0.717, 1.165) is 18.7 Å². The standard InChI is InChI=1S/C14H22BrNO/c1-4-5-11(10-16-2)8-12-9-13(17-3)6-7-14(12)15/h6-7,9,11,16H,4-5,8,10H2,1-3H3. The van der Waals surface area contributed by atoms with Crippen molar-refractivity contribution in [2.24, 2.45) is 5.92 Å². The van der Waals surface area contributed by atoms with E-state index in [1.165, 1.54) is 22.9 Å². The number of halogens is 1. The maximum atomic E-state index is 5.27. The van der Waals surface area contributed by atoms with Crippen molar-refractivity contribution in [1.29, 1.82) is 0 Å². The Morgan fingerprint density at radius 3 is 2.76 bits per heavy atom. The molecule has 17 heavy (non-hydrogen) atoms. The highest BCUT2D eigenvalue weighted by Crippen LogP contribution is 2.26. The van der Waals surface area contributed by atoms with Gasteiger partial charge >= 0.3 is 0 Å². The van der Waals surface area contributed by atoms with Gasteiger partial charge in [-0.25, -0.2) is 0 Å². The second kappa shape index (κ2) is 7.72. The molecule has 2 nitrogen and oxygen atoms in total. The lowest BCUT2D eigenvalue weighted by Crippen LogP contribution is -2.20. The third-order valence-electron chi connectivity index (χ3n) is 2.95. The zero-order chi connectivity index (χ0) is 12.7. The number of hydrogen-bond acceptors (Lipinski definition) is 2. The van der Waals surface area contributed by atoms with Gasteiger partial charge in [0.05, 0.1) is 7.11 Å². The topological polar surface area (TPSA) is 21.3 Å². The van der Waals surface area contributed by atoms with Gasteiger partial charge in [-0.15, -0.1) is 0 Å². The number of benzene rings is 1. The molecule has 0 heterocycles. The van der Waals surface area contributed by atoms with Crippen LogP contribution in [0.15, 0.2) is 22.7 Å². The molecule has 1 atom stereocenters. The molecule has 1 rings (SSSR count). The van der Waals surface area contributed by atoms with Gasteiger partial charge in [0.1, 0.15) is 5.75 Å². The zero-order valence-corrected chi connectivity index (χ0v) is 12.5. The minimum absolute atomic E-state index is 0.688. The summed E-state index contributed by atoms with van der Waals surface area (Å²) in [4.78, 5) is 0. The molecule has 1 aromatic rings. The Kier molecular flexibility index (Phi) is 6.60. The molecule has 0 saturated heterocycles. The summed E-state index contributed by atoms with van der Waals surface area (Å²) in [5, 5.41) is 3.27. The average Bonchev–Trinajstić information content (AvgIpc) is 2.32. The van der Waals surface area contributed by atoms with Gasteiger partial charge in [-0.2, -0.15) is 0 Å². The zero-order valence-electron chi connectivity index (χ0n) is 10.9. The summed E-state index contributed by atoms with van der Waals surface area (Å²) < 4.78 is 6.45. The molecular formula is C14H22BrNO. The predicted molar refractivity (Wildman–Crippen MR) is 76.7 cm³/mol. The molecule has 1 aromatic carbocycles. The highest BCUT2D eigenvalue weighted by atomic mass is 79.9. The Bertz CT molecular complexity index is 335. The first kappa shape index (κ1) is 14.5. The quantitative estimate of drug-likeness (QED) is 0.830. The highest BCUT2D eigenvalue weighted by Gasteiger charge is 2.11. The number of rotatable bonds is 7. The fourth-order valence-corrected chi connectivity index (χ4v) is 2.53. The molecule has 0 amide bonds. The van der Waals surface area contributed by atoms with Gasteiger partial charge in [-0.1, -0.05) is 29.3 Å². The van der Waals surface area contributed by atoms with Gasteiger partial charge in [-0.3, -0.25) is 0 Å². The smallest absolute Gasteiger partial charge is 0.119 e. The highest BCUT2D eigenvalue weighted by molar-refractivity contribution is 9.10. The Balaban J connectivity index is 2.76. The van der Waals surface area contributed by atoms with Crippen molar-refractivity contribution in [3.63, 3.8) is 0 Å². The van der Waals surface area contributed by atoms with E-state index in [-0.39, 0.29) is 0 Å². The summed E-state index contributed by atoms with van der Waals surface area (Å²) in [7, 11) is 3.73. The first-order valence-electron chi connectivity index (χ1n) is 6.18. The predicted octanol–water partition coefficient (Wildman–Crippen LogP) is 3.64. The van der Waals surface area contributed by atoms with Crippen molar-refractivity contribution in [3.8, 4) is 5.75 Å². The van der Waals surface area contributed by atoms with Crippen molar-refractivity contribution < 1.29 is 4.74 Å². The number of hydrogen-bond donors (Lipinski definition) is 1. The molecule has 0 fully saturated rings. The number of methoxy groups -OCH3 is 1. The Morgan fingerprint density at radius 2 is 2.18 bits per heavy atom. The first-order chi connectivity index (χ1) is 8.21. The maximum absolute atomic E-state index is 5.27. The van der Waals surface area contributed by atoms with E-state index in [9.17, 15) is 0 Å². The summed E-state index contributed by atoms with van der Waals surface area (Å²) in [6.45, 7) is 3.31. The minimum atomic E-state index is 0.688. The first-order valence-corrected chi connectivity index (χ1v) is 6.97. The lowest BCUT2D eigenvalue weighted by molar-refractivity contribution is 0.412. The Labute approximate surface area is 113 Å².